The van der Waals surface area contributed by atoms with E-state index in [2.05, 4.69) is 21.8 Å². The summed E-state index contributed by atoms with van der Waals surface area (Å²) in [5.41, 5.74) is 5.55. The summed E-state index contributed by atoms with van der Waals surface area (Å²) in [4.78, 5) is 18.8. The summed E-state index contributed by atoms with van der Waals surface area (Å²) in [6.45, 7) is 1.83. The van der Waals surface area contributed by atoms with Gasteiger partial charge in [0.05, 0.1) is 36.3 Å². The van der Waals surface area contributed by atoms with Crippen molar-refractivity contribution < 1.29 is 13.9 Å². The zero-order valence-electron chi connectivity index (χ0n) is 19.2. The Bertz CT molecular complexity index is 1400. The highest BCUT2D eigenvalue weighted by atomic mass is 19.1. The molecule has 9 nitrogen and oxygen atoms in total. The van der Waals surface area contributed by atoms with Crippen LogP contribution < -0.4 is 0 Å². The Morgan fingerprint density at radius 3 is 2.82 bits per heavy atom. The van der Waals surface area contributed by atoms with Gasteiger partial charge in [-0.2, -0.15) is 10.2 Å². The van der Waals surface area contributed by atoms with Crippen molar-refractivity contribution in [3.05, 3.63) is 42.1 Å². The number of hydrogen-bond acceptors (Lipinski definition) is 5. The first kappa shape index (κ1) is 21.0. The molecule has 0 radical (unpaired) electrons. The van der Waals surface area contributed by atoms with E-state index in [9.17, 15) is 9.18 Å². The van der Waals surface area contributed by atoms with Gasteiger partial charge < -0.3 is 14.2 Å². The Morgan fingerprint density at radius 1 is 1.21 bits per heavy atom. The molecule has 10 heteroatoms. The van der Waals surface area contributed by atoms with E-state index in [0.29, 0.717) is 26.2 Å². The second kappa shape index (κ2) is 8.05. The maximum Gasteiger partial charge on any atom is 0.254 e. The third kappa shape index (κ3) is 3.32. The minimum absolute atomic E-state index is 0.226. The van der Waals surface area contributed by atoms with Gasteiger partial charge >= 0.3 is 0 Å². The van der Waals surface area contributed by atoms with E-state index >= 15 is 0 Å². The highest BCUT2D eigenvalue weighted by Gasteiger charge is 2.31. The Hall–Kier alpha value is -3.53. The number of amides is 1. The predicted octanol–water partition coefficient (Wildman–Crippen LogP) is 2.65. The predicted molar refractivity (Wildman–Crippen MR) is 124 cm³/mol. The fourth-order valence-corrected chi connectivity index (χ4v) is 5.14. The Balaban J connectivity index is 1.50. The van der Waals surface area contributed by atoms with E-state index in [-0.39, 0.29) is 5.92 Å². The smallest absolute Gasteiger partial charge is 0.254 e. The van der Waals surface area contributed by atoms with Crippen molar-refractivity contribution in [3.8, 4) is 22.5 Å². The molecule has 0 saturated carbocycles. The quantitative estimate of drug-likeness (QED) is 0.465. The van der Waals surface area contributed by atoms with E-state index in [1.807, 2.05) is 37.2 Å². The summed E-state index contributed by atoms with van der Waals surface area (Å²) in [5, 5.41) is 10.0. The average molecular weight is 464 g/mol. The van der Waals surface area contributed by atoms with E-state index in [4.69, 9.17) is 14.8 Å². The molecule has 0 spiro atoms. The molecule has 1 fully saturated rings. The van der Waals surface area contributed by atoms with Crippen LogP contribution in [0, 0.1) is 0 Å². The number of hydrogen-bond donors (Lipinski definition) is 0. The second-order valence-corrected chi connectivity index (χ2v) is 9.03. The number of rotatable bonds is 4. The molecule has 1 saturated heterocycles. The molecule has 176 valence electrons. The maximum atomic E-state index is 13.2. The lowest BCUT2D eigenvalue weighted by atomic mass is 10.0. The standard InChI is InChI=1S/C24H26FN7O2/c1-29-12-17(11-26-29)22-18-9-15(3-4-19(18)30(2)28-22)23-20-13-31(21(33)10-25)6-7-32(20)24(27-23)16-5-8-34-14-16/h3-4,9,11-12,16H,5-8,10,13-14H2,1-2H3. The van der Waals surface area contributed by atoms with Crippen LogP contribution in [0.25, 0.3) is 33.4 Å². The number of imidazole rings is 1. The molecule has 34 heavy (non-hydrogen) atoms. The van der Waals surface area contributed by atoms with Crippen LogP contribution in [0.1, 0.15) is 23.9 Å². The Labute approximate surface area is 195 Å². The minimum Gasteiger partial charge on any atom is -0.381 e. The van der Waals surface area contributed by atoms with Gasteiger partial charge in [0.2, 0.25) is 0 Å². The number of ether oxygens (including phenoxy) is 1. The number of fused-ring (bicyclic) bond motifs is 2. The van der Waals surface area contributed by atoms with Crippen molar-refractivity contribution in [2.45, 2.75) is 25.4 Å². The molecule has 1 aromatic carbocycles. The van der Waals surface area contributed by atoms with Gasteiger partial charge in [-0.15, -0.1) is 0 Å². The molecule has 4 aromatic rings. The number of alkyl halides is 1. The first-order valence-electron chi connectivity index (χ1n) is 11.5. The van der Waals surface area contributed by atoms with Gasteiger partial charge in [-0.1, -0.05) is 6.07 Å². The highest BCUT2D eigenvalue weighted by molar-refractivity contribution is 5.95. The summed E-state index contributed by atoms with van der Waals surface area (Å²) >= 11 is 0. The summed E-state index contributed by atoms with van der Waals surface area (Å²) < 4.78 is 24.6. The van der Waals surface area contributed by atoms with Crippen molar-refractivity contribution >= 4 is 16.8 Å². The first-order valence-corrected chi connectivity index (χ1v) is 11.5. The summed E-state index contributed by atoms with van der Waals surface area (Å²) in [5.74, 6) is 0.739. The lowest BCUT2D eigenvalue weighted by Gasteiger charge is -2.29. The molecule has 0 N–H and O–H groups in total. The molecule has 1 atom stereocenters. The molecule has 1 unspecified atom stereocenters. The lowest BCUT2D eigenvalue weighted by molar-refractivity contribution is -0.133. The van der Waals surface area contributed by atoms with Crippen LogP contribution in [0.5, 0.6) is 0 Å². The van der Waals surface area contributed by atoms with Crippen LogP contribution in [0.2, 0.25) is 0 Å². The van der Waals surface area contributed by atoms with Gasteiger partial charge in [-0.25, -0.2) is 9.37 Å². The first-order chi connectivity index (χ1) is 16.5. The molecular formula is C24H26FN7O2. The third-order valence-corrected chi connectivity index (χ3v) is 6.90. The molecule has 3 aromatic heterocycles. The number of carbonyl (C=O) groups excluding carboxylic acids is 1. The number of halogens is 1. The van der Waals surface area contributed by atoms with Crippen LogP contribution in [-0.4, -0.2) is 66.4 Å². The molecule has 6 rings (SSSR count). The zero-order valence-corrected chi connectivity index (χ0v) is 19.2. The van der Waals surface area contributed by atoms with E-state index < -0.39 is 12.6 Å². The van der Waals surface area contributed by atoms with Crippen LogP contribution in [0.15, 0.2) is 30.6 Å². The topological polar surface area (TPSA) is 83.0 Å². The largest absolute Gasteiger partial charge is 0.381 e. The number of aryl methyl sites for hydroxylation is 2. The van der Waals surface area contributed by atoms with Crippen molar-refractivity contribution in [1.82, 2.24) is 34.0 Å². The number of carbonyl (C=O) groups is 1. The van der Waals surface area contributed by atoms with Crippen molar-refractivity contribution in [2.75, 3.05) is 26.4 Å². The molecule has 2 aliphatic heterocycles. The molecule has 0 aliphatic carbocycles. The van der Waals surface area contributed by atoms with Crippen LogP contribution in [0.3, 0.4) is 0 Å². The van der Waals surface area contributed by atoms with Gasteiger partial charge in [-0.05, 0) is 18.6 Å². The van der Waals surface area contributed by atoms with Gasteiger partial charge in [0, 0.05) is 62.4 Å². The summed E-state index contributed by atoms with van der Waals surface area (Å²) in [7, 11) is 3.81. The Morgan fingerprint density at radius 2 is 2.09 bits per heavy atom. The summed E-state index contributed by atoms with van der Waals surface area (Å²) in [6.07, 6.45) is 4.69. The van der Waals surface area contributed by atoms with Gasteiger partial charge in [0.1, 0.15) is 11.5 Å². The van der Waals surface area contributed by atoms with Gasteiger partial charge in [0.25, 0.3) is 5.91 Å². The monoisotopic (exact) mass is 463 g/mol. The SMILES string of the molecule is Cn1cc(-c2nn(C)c3ccc(-c4nc(C5CCOC5)n5c4CN(C(=O)CF)CC5)cc23)cn1. The molecule has 2 aliphatic rings. The highest BCUT2D eigenvalue weighted by Crippen LogP contribution is 2.36. The fourth-order valence-electron chi connectivity index (χ4n) is 5.14. The normalized spacial score (nSPS) is 18.1. The van der Waals surface area contributed by atoms with Crippen molar-refractivity contribution in [3.63, 3.8) is 0 Å². The minimum atomic E-state index is -0.983. The van der Waals surface area contributed by atoms with Crippen LogP contribution in [-0.2, 0) is 36.7 Å². The van der Waals surface area contributed by atoms with Crippen LogP contribution in [0.4, 0.5) is 4.39 Å². The average Bonchev–Trinajstić information content (AvgIpc) is 3.64. The van der Waals surface area contributed by atoms with Crippen molar-refractivity contribution in [1.29, 1.82) is 0 Å². The fraction of sp³-hybridized carbons (Fsp3) is 0.417. The zero-order chi connectivity index (χ0) is 23.4. The maximum absolute atomic E-state index is 13.2. The van der Waals surface area contributed by atoms with Crippen LogP contribution >= 0.6 is 0 Å². The number of aromatic nitrogens is 6. The molecular weight excluding hydrogens is 437 g/mol. The lowest BCUT2D eigenvalue weighted by Crippen LogP contribution is -2.39. The molecule has 1 amide bonds. The van der Waals surface area contributed by atoms with Crippen molar-refractivity contribution in [2.24, 2.45) is 14.1 Å². The Kier molecular flexibility index (Phi) is 4.98. The summed E-state index contributed by atoms with van der Waals surface area (Å²) in [6, 6.07) is 6.21. The third-order valence-electron chi connectivity index (χ3n) is 6.90. The number of nitrogens with zero attached hydrogens (tertiary/aromatic N) is 7. The van der Waals surface area contributed by atoms with E-state index in [1.54, 1.807) is 9.58 Å². The van der Waals surface area contributed by atoms with E-state index in [1.165, 1.54) is 0 Å². The van der Waals surface area contributed by atoms with E-state index in [0.717, 1.165) is 58.0 Å². The second-order valence-electron chi connectivity index (χ2n) is 9.03. The van der Waals surface area contributed by atoms with Gasteiger partial charge in [-0.3, -0.25) is 14.2 Å². The molecule has 0 bridgehead atoms. The van der Waals surface area contributed by atoms with Gasteiger partial charge in [0.15, 0.2) is 6.67 Å². The number of benzene rings is 1. The molecule has 5 heterocycles.